The number of thioether (sulfide) groups is 2. The van der Waals surface area contributed by atoms with Gasteiger partial charge in [0.1, 0.15) is 0 Å². The summed E-state index contributed by atoms with van der Waals surface area (Å²) in [5.41, 5.74) is 1.56. The van der Waals surface area contributed by atoms with Crippen LogP contribution in [0.25, 0.3) is 5.69 Å². The van der Waals surface area contributed by atoms with Crippen molar-refractivity contribution in [2.24, 2.45) is 0 Å². The Morgan fingerprint density at radius 2 is 2.21 bits per heavy atom. The summed E-state index contributed by atoms with van der Waals surface area (Å²) < 4.78 is 7.16. The summed E-state index contributed by atoms with van der Waals surface area (Å²) in [7, 11) is 0. The molecule has 0 radical (unpaired) electrons. The van der Waals surface area contributed by atoms with E-state index in [2.05, 4.69) is 12.2 Å². The van der Waals surface area contributed by atoms with Crippen molar-refractivity contribution in [1.29, 1.82) is 0 Å². The molecule has 148 valence electrons. The molecule has 1 N–H and O–H groups in total. The molecule has 0 spiro atoms. The van der Waals surface area contributed by atoms with Crippen LogP contribution in [0.15, 0.2) is 45.2 Å². The van der Waals surface area contributed by atoms with Gasteiger partial charge in [0.15, 0.2) is 5.16 Å². The third-order valence-corrected chi connectivity index (χ3v) is 6.93. The highest BCUT2D eigenvalue weighted by Gasteiger charge is 2.27. The van der Waals surface area contributed by atoms with E-state index in [1.54, 1.807) is 16.3 Å². The van der Waals surface area contributed by atoms with Crippen molar-refractivity contribution in [2.45, 2.75) is 47.6 Å². The Kier molecular flexibility index (Phi) is 6.08. The van der Waals surface area contributed by atoms with Gasteiger partial charge in [-0.15, -0.1) is 11.8 Å². The molecule has 0 aliphatic carbocycles. The topological polar surface area (TPSA) is 73.2 Å². The third kappa shape index (κ3) is 4.29. The summed E-state index contributed by atoms with van der Waals surface area (Å²) >= 11 is 2.89. The second-order valence-electron chi connectivity index (χ2n) is 7.01. The lowest BCUT2D eigenvalue weighted by atomic mass is 10.2. The maximum atomic E-state index is 13.1. The van der Waals surface area contributed by atoms with Crippen molar-refractivity contribution in [2.75, 3.05) is 18.9 Å². The van der Waals surface area contributed by atoms with E-state index < -0.39 is 0 Å². The molecule has 4 rings (SSSR count). The van der Waals surface area contributed by atoms with Crippen molar-refractivity contribution in [1.82, 2.24) is 14.9 Å². The Hall–Kier alpha value is -1.77. The number of carbonyl (C=O) groups excluding carboxylic acids is 1. The summed E-state index contributed by atoms with van der Waals surface area (Å²) in [5.74, 6) is 0.144. The number of hydrogen-bond acceptors (Lipinski definition) is 6. The molecule has 2 atom stereocenters. The minimum atomic E-state index is -0.0717. The molecule has 0 unspecified atom stereocenters. The van der Waals surface area contributed by atoms with Crippen molar-refractivity contribution >= 4 is 29.4 Å². The van der Waals surface area contributed by atoms with Crippen LogP contribution >= 0.6 is 23.5 Å². The first kappa shape index (κ1) is 19.5. The molecule has 1 aromatic heterocycles. The zero-order valence-electron chi connectivity index (χ0n) is 15.7. The fourth-order valence-corrected chi connectivity index (χ4v) is 5.37. The van der Waals surface area contributed by atoms with Crippen LogP contribution in [0.4, 0.5) is 0 Å². The van der Waals surface area contributed by atoms with Gasteiger partial charge in [-0.3, -0.25) is 14.2 Å². The highest BCUT2D eigenvalue weighted by Crippen LogP contribution is 2.34. The van der Waals surface area contributed by atoms with Crippen LogP contribution in [0.1, 0.15) is 25.5 Å². The molecule has 1 aromatic carbocycles. The van der Waals surface area contributed by atoms with Crippen LogP contribution in [-0.4, -0.2) is 45.7 Å². The molecule has 8 heteroatoms. The highest BCUT2D eigenvalue weighted by atomic mass is 32.2. The van der Waals surface area contributed by atoms with E-state index in [9.17, 15) is 9.59 Å². The van der Waals surface area contributed by atoms with Gasteiger partial charge in [0.05, 0.1) is 28.1 Å². The lowest BCUT2D eigenvalue weighted by molar-refractivity contribution is -0.119. The Morgan fingerprint density at radius 1 is 1.39 bits per heavy atom. The van der Waals surface area contributed by atoms with E-state index in [0.29, 0.717) is 17.0 Å². The molecule has 3 heterocycles. The first-order valence-electron chi connectivity index (χ1n) is 9.51. The zero-order valence-corrected chi connectivity index (χ0v) is 17.4. The number of nitrogens with zero attached hydrogens (tertiary/aromatic N) is 2. The molecule has 2 aliphatic rings. The quantitative estimate of drug-likeness (QED) is 0.575. The van der Waals surface area contributed by atoms with Crippen LogP contribution in [0.5, 0.6) is 0 Å². The van der Waals surface area contributed by atoms with Crippen molar-refractivity contribution in [3.8, 4) is 5.69 Å². The standard InChI is InChI=1S/C20H23N3O3S2/c1-13-10-16-18(28-13)19(25)23(14-6-3-2-4-7-14)20(22-16)27-12-17(24)21-11-15-8-5-9-26-15/h2-4,6-7,13,15H,5,8-12H2,1H3,(H,21,24)/t13-,15+/m0/s1. The SMILES string of the molecule is C[C@H]1Cc2nc(SCC(=O)NC[C@H]3CCCO3)n(-c3ccccc3)c(=O)c2S1. The van der Waals surface area contributed by atoms with Crippen LogP contribution in [0, 0.1) is 0 Å². The number of aromatic nitrogens is 2. The van der Waals surface area contributed by atoms with Gasteiger partial charge >= 0.3 is 0 Å². The van der Waals surface area contributed by atoms with Gasteiger partial charge in [-0.2, -0.15) is 0 Å². The van der Waals surface area contributed by atoms with Crippen LogP contribution < -0.4 is 10.9 Å². The predicted octanol–water partition coefficient (Wildman–Crippen LogP) is 2.66. The summed E-state index contributed by atoms with van der Waals surface area (Å²) in [6.07, 6.45) is 2.94. The first-order chi connectivity index (χ1) is 13.6. The first-order valence-corrected chi connectivity index (χ1v) is 11.4. The van der Waals surface area contributed by atoms with E-state index in [-0.39, 0.29) is 23.3 Å². The zero-order chi connectivity index (χ0) is 19.5. The average molecular weight is 418 g/mol. The molecular weight excluding hydrogens is 394 g/mol. The number of fused-ring (bicyclic) bond motifs is 1. The van der Waals surface area contributed by atoms with Crippen molar-refractivity contribution in [3.63, 3.8) is 0 Å². The fourth-order valence-electron chi connectivity index (χ4n) is 3.42. The summed E-state index contributed by atoms with van der Waals surface area (Å²) in [6.45, 7) is 3.41. The fraction of sp³-hybridized carbons (Fsp3) is 0.450. The number of amides is 1. The van der Waals surface area contributed by atoms with E-state index in [4.69, 9.17) is 9.72 Å². The maximum Gasteiger partial charge on any atom is 0.272 e. The van der Waals surface area contributed by atoms with E-state index in [1.165, 1.54) is 11.8 Å². The van der Waals surface area contributed by atoms with Crippen LogP contribution in [0.2, 0.25) is 0 Å². The Morgan fingerprint density at radius 3 is 2.96 bits per heavy atom. The molecule has 28 heavy (non-hydrogen) atoms. The number of nitrogens with one attached hydrogen (secondary N) is 1. The molecule has 1 fully saturated rings. The lowest BCUT2D eigenvalue weighted by Crippen LogP contribution is -2.33. The van der Waals surface area contributed by atoms with Gasteiger partial charge in [0, 0.05) is 24.8 Å². The lowest BCUT2D eigenvalue weighted by Gasteiger charge is -2.14. The molecule has 0 saturated carbocycles. The molecular formula is C20H23N3O3S2. The molecule has 2 aliphatic heterocycles. The molecule has 2 aromatic rings. The van der Waals surface area contributed by atoms with E-state index in [1.807, 2.05) is 30.3 Å². The molecule has 6 nitrogen and oxygen atoms in total. The molecule has 0 bridgehead atoms. The number of hydrogen-bond donors (Lipinski definition) is 1. The number of carbonyl (C=O) groups is 1. The van der Waals surface area contributed by atoms with E-state index >= 15 is 0 Å². The summed E-state index contributed by atoms with van der Waals surface area (Å²) in [5, 5.41) is 3.83. The van der Waals surface area contributed by atoms with Gasteiger partial charge in [-0.25, -0.2) is 4.98 Å². The molecule has 1 amide bonds. The highest BCUT2D eigenvalue weighted by molar-refractivity contribution is 8.00. The number of benzene rings is 1. The maximum absolute atomic E-state index is 13.1. The number of rotatable bonds is 6. The smallest absolute Gasteiger partial charge is 0.272 e. The Bertz CT molecular complexity index is 911. The normalized spacial score (nSPS) is 20.9. The van der Waals surface area contributed by atoms with Gasteiger partial charge < -0.3 is 10.1 Å². The van der Waals surface area contributed by atoms with Crippen molar-refractivity contribution < 1.29 is 9.53 Å². The van der Waals surface area contributed by atoms with Crippen LogP contribution in [-0.2, 0) is 16.0 Å². The van der Waals surface area contributed by atoms with Gasteiger partial charge in [0.25, 0.3) is 5.56 Å². The van der Waals surface area contributed by atoms with E-state index in [0.717, 1.165) is 42.1 Å². The van der Waals surface area contributed by atoms with Gasteiger partial charge in [0.2, 0.25) is 5.91 Å². The molecule has 1 saturated heterocycles. The third-order valence-electron chi connectivity index (χ3n) is 4.78. The second-order valence-corrected chi connectivity index (χ2v) is 9.40. The average Bonchev–Trinajstić information content (AvgIpc) is 3.34. The van der Waals surface area contributed by atoms with Crippen LogP contribution in [0.3, 0.4) is 0 Å². The number of para-hydroxylation sites is 1. The predicted molar refractivity (Wildman–Crippen MR) is 112 cm³/mol. The summed E-state index contributed by atoms with van der Waals surface area (Å²) in [4.78, 5) is 30.9. The minimum absolute atomic E-state index is 0.0483. The minimum Gasteiger partial charge on any atom is -0.376 e. The largest absolute Gasteiger partial charge is 0.376 e. The number of ether oxygens (including phenoxy) is 1. The second kappa shape index (κ2) is 8.71. The van der Waals surface area contributed by atoms with Crippen molar-refractivity contribution in [3.05, 3.63) is 46.4 Å². The Labute approximate surface area is 172 Å². The van der Waals surface area contributed by atoms with Gasteiger partial charge in [-0.05, 0) is 25.0 Å². The summed E-state index contributed by atoms with van der Waals surface area (Å²) in [6, 6.07) is 9.48. The van der Waals surface area contributed by atoms with Gasteiger partial charge in [-0.1, -0.05) is 36.9 Å². The monoisotopic (exact) mass is 417 g/mol. The Balaban J connectivity index is 1.54.